The highest BCUT2D eigenvalue weighted by atomic mass is 15.4. The third-order valence-corrected chi connectivity index (χ3v) is 6.90. The van der Waals surface area contributed by atoms with Crippen LogP contribution in [0.1, 0.15) is 0 Å². The number of anilines is 8. The van der Waals surface area contributed by atoms with Gasteiger partial charge in [0.1, 0.15) is 0 Å². The Morgan fingerprint density at radius 3 is 1.32 bits per heavy atom. The lowest BCUT2D eigenvalue weighted by Gasteiger charge is -2.25. The van der Waals surface area contributed by atoms with Crippen molar-refractivity contribution in [2.75, 3.05) is 46.8 Å². The van der Waals surface area contributed by atoms with Crippen LogP contribution in [0.4, 0.5) is 46.5 Å². The molecule has 1 aliphatic rings. The van der Waals surface area contributed by atoms with Crippen LogP contribution < -0.4 is 28.7 Å². The Labute approximate surface area is 224 Å². The van der Waals surface area contributed by atoms with E-state index in [4.69, 9.17) is 9.97 Å². The number of fused-ring (bicyclic) bond motifs is 8. The van der Waals surface area contributed by atoms with Crippen molar-refractivity contribution in [3.63, 3.8) is 0 Å². The molecule has 0 spiro atoms. The van der Waals surface area contributed by atoms with Crippen molar-refractivity contribution in [2.24, 2.45) is 14.1 Å². The number of hydrogen-bond acceptors (Lipinski definition) is 6. The molecule has 8 bridgehead atoms. The molecular weight excluding hydrogens is 472 g/mol. The third-order valence-electron chi connectivity index (χ3n) is 6.90. The average Bonchev–Trinajstić information content (AvgIpc) is 2.94. The summed E-state index contributed by atoms with van der Waals surface area (Å²) in [6.07, 6.45) is 3.80. The number of pyridine rings is 4. The summed E-state index contributed by atoms with van der Waals surface area (Å²) in [5.74, 6) is 7.31. The third kappa shape index (κ3) is 4.34. The van der Waals surface area contributed by atoms with E-state index in [-0.39, 0.29) is 0 Å². The molecule has 4 aromatic rings. The quantitative estimate of drug-likeness (QED) is 0.297. The van der Waals surface area contributed by atoms with Gasteiger partial charge in [0.15, 0.2) is 23.3 Å². The second-order valence-electron chi connectivity index (χ2n) is 9.23. The van der Waals surface area contributed by atoms with Crippen molar-refractivity contribution in [2.45, 2.75) is 0 Å². The maximum atomic E-state index is 5.09. The SMILES string of the molecule is C=CCN1c2cccc(n2)N(C)c2cccc([n+]2C)N(CC=C)c2cccc(n2)N(C)c2cccc1[n+]2C. The normalized spacial score (nSPS) is 12.9. The number of hydrogen-bond donors (Lipinski definition) is 0. The molecule has 4 aromatic heterocycles. The molecule has 0 unspecified atom stereocenters. The summed E-state index contributed by atoms with van der Waals surface area (Å²) in [6, 6.07) is 24.7. The molecule has 0 amide bonds. The Bertz CT molecular complexity index is 1380. The molecule has 0 fully saturated rings. The first-order chi connectivity index (χ1) is 18.4. The van der Waals surface area contributed by atoms with Gasteiger partial charge < -0.3 is 0 Å². The minimum Gasteiger partial charge on any atom is -0.246 e. The first-order valence-corrected chi connectivity index (χ1v) is 12.6. The van der Waals surface area contributed by atoms with E-state index in [9.17, 15) is 0 Å². The molecule has 5 heterocycles. The van der Waals surface area contributed by atoms with Crippen molar-refractivity contribution >= 4 is 46.5 Å². The highest BCUT2D eigenvalue weighted by molar-refractivity contribution is 5.64. The van der Waals surface area contributed by atoms with Gasteiger partial charge >= 0.3 is 0 Å². The molecule has 0 atom stereocenters. The minimum atomic E-state index is 0.606. The van der Waals surface area contributed by atoms with E-state index in [1.807, 2.05) is 62.6 Å². The molecule has 0 aliphatic carbocycles. The predicted octanol–water partition coefficient (Wildman–Crippen LogP) is 4.62. The second kappa shape index (κ2) is 10.3. The molecule has 0 N–H and O–H groups in total. The van der Waals surface area contributed by atoms with E-state index in [1.54, 1.807) is 0 Å². The average molecular weight is 507 g/mol. The van der Waals surface area contributed by atoms with Gasteiger partial charge in [-0.1, -0.05) is 37.4 Å². The highest BCUT2D eigenvalue weighted by Crippen LogP contribution is 2.30. The van der Waals surface area contributed by atoms with Crippen LogP contribution in [-0.2, 0) is 14.1 Å². The zero-order valence-corrected chi connectivity index (χ0v) is 22.5. The van der Waals surface area contributed by atoms with Crippen LogP contribution in [0.5, 0.6) is 0 Å². The molecule has 0 aromatic carbocycles. The molecule has 38 heavy (non-hydrogen) atoms. The molecule has 0 saturated carbocycles. The van der Waals surface area contributed by atoms with Gasteiger partial charge in [0.05, 0.1) is 41.3 Å². The van der Waals surface area contributed by atoms with Crippen LogP contribution in [0.2, 0.25) is 0 Å². The second-order valence-corrected chi connectivity index (χ2v) is 9.23. The predicted molar refractivity (Wildman–Crippen MR) is 154 cm³/mol. The van der Waals surface area contributed by atoms with Crippen LogP contribution in [0.15, 0.2) is 98.1 Å². The summed E-state index contributed by atoms with van der Waals surface area (Å²) < 4.78 is 4.32. The number of aromatic nitrogens is 4. The summed E-state index contributed by atoms with van der Waals surface area (Å²) in [7, 11) is 8.21. The van der Waals surface area contributed by atoms with Gasteiger partial charge in [0.2, 0.25) is 23.3 Å². The van der Waals surface area contributed by atoms with E-state index in [1.165, 1.54) is 0 Å². The van der Waals surface area contributed by atoms with E-state index >= 15 is 0 Å². The first-order valence-electron chi connectivity index (χ1n) is 12.6. The summed E-state index contributed by atoms with van der Waals surface area (Å²) in [5, 5.41) is 0. The Morgan fingerprint density at radius 1 is 0.579 bits per heavy atom. The molecule has 8 nitrogen and oxygen atoms in total. The molecule has 0 saturated heterocycles. The first kappa shape index (κ1) is 25.0. The lowest BCUT2D eigenvalue weighted by Crippen LogP contribution is -2.43. The summed E-state index contributed by atoms with van der Waals surface area (Å²) in [5.41, 5.74) is 0. The van der Waals surface area contributed by atoms with E-state index in [2.05, 4.69) is 92.4 Å². The Kier molecular flexibility index (Phi) is 6.79. The van der Waals surface area contributed by atoms with Crippen LogP contribution in [-0.4, -0.2) is 37.2 Å². The molecular formula is C30H34N8+2. The van der Waals surface area contributed by atoms with Crippen molar-refractivity contribution in [3.05, 3.63) is 98.1 Å². The number of nitrogens with zero attached hydrogens (tertiary/aromatic N) is 8. The standard InChI is InChI=1S/C30H34N8/c1-7-21-37-25-15-9-13-23(31-25)33(3)28-18-12-20-30(36(28)6)38(22-8-2)26-16-10-14-24(32-26)34(4)27-17-11-19-29(37)35(27)5/h7-20H,1-2,21-22H2,3-6H3/q+2. The molecule has 192 valence electrons. The van der Waals surface area contributed by atoms with Gasteiger partial charge in [-0.25, -0.2) is 28.7 Å². The largest absolute Gasteiger partial charge is 0.246 e. The van der Waals surface area contributed by atoms with Crippen LogP contribution >= 0.6 is 0 Å². The van der Waals surface area contributed by atoms with Crippen LogP contribution in [0.3, 0.4) is 0 Å². The zero-order chi connectivity index (χ0) is 26.8. The highest BCUT2D eigenvalue weighted by Gasteiger charge is 2.27. The lowest BCUT2D eigenvalue weighted by molar-refractivity contribution is -0.645. The number of rotatable bonds is 4. The van der Waals surface area contributed by atoms with Crippen molar-refractivity contribution < 1.29 is 9.13 Å². The summed E-state index contributed by atoms with van der Waals surface area (Å²) in [4.78, 5) is 18.7. The van der Waals surface area contributed by atoms with Crippen molar-refractivity contribution in [1.82, 2.24) is 9.97 Å². The van der Waals surface area contributed by atoms with Crippen LogP contribution in [0.25, 0.3) is 0 Å². The monoisotopic (exact) mass is 506 g/mol. The maximum absolute atomic E-state index is 5.09. The maximum Gasteiger partial charge on any atom is 0.230 e. The van der Waals surface area contributed by atoms with Gasteiger partial charge in [0.25, 0.3) is 0 Å². The van der Waals surface area contributed by atoms with Crippen LogP contribution in [0, 0.1) is 0 Å². The molecule has 0 radical (unpaired) electrons. The summed E-state index contributed by atoms with van der Waals surface area (Å²) >= 11 is 0. The van der Waals surface area contributed by atoms with Gasteiger partial charge in [0, 0.05) is 24.3 Å². The topological polar surface area (TPSA) is 46.5 Å². The van der Waals surface area contributed by atoms with E-state index < -0.39 is 0 Å². The van der Waals surface area contributed by atoms with Gasteiger partial charge in [-0.05, 0) is 36.4 Å². The Morgan fingerprint density at radius 2 is 0.921 bits per heavy atom. The van der Waals surface area contributed by atoms with Gasteiger partial charge in [-0.15, -0.1) is 0 Å². The fraction of sp³-hybridized carbons (Fsp3) is 0.200. The minimum absolute atomic E-state index is 0.606. The fourth-order valence-corrected chi connectivity index (χ4v) is 4.94. The molecule has 1 aliphatic heterocycles. The van der Waals surface area contributed by atoms with Crippen molar-refractivity contribution in [3.8, 4) is 0 Å². The van der Waals surface area contributed by atoms with Crippen molar-refractivity contribution in [1.29, 1.82) is 0 Å². The fourth-order valence-electron chi connectivity index (χ4n) is 4.94. The lowest BCUT2D eigenvalue weighted by atomic mass is 10.3. The van der Waals surface area contributed by atoms with E-state index in [0.717, 1.165) is 46.5 Å². The Balaban J connectivity index is 1.81. The molecule has 8 heteroatoms. The van der Waals surface area contributed by atoms with Gasteiger partial charge in [-0.3, -0.25) is 0 Å². The molecule has 5 rings (SSSR count). The van der Waals surface area contributed by atoms with Gasteiger partial charge in [-0.2, -0.15) is 9.97 Å². The smallest absolute Gasteiger partial charge is 0.230 e. The zero-order valence-electron chi connectivity index (χ0n) is 22.5. The Hall–Kier alpha value is -4.72. The van der Waals surface area contributed by atoms with E-state index in [0.29, 0.717) is 13.1 Å². The summed E-state index contributed by atoms with van der Waals surface area (Å²) in [6.45, 7) is 9.24.